The Labute approximate surface area is 107 Å². The molecule has 1 aromatic heterocycles. The summed E-state index contributed by atoms with van der Waals surface area (Å²) in [5, 5.41) is 0. The van der Waals surface area contributed by atoms with Crippen LogP contribution in [0.1, 0.15) is 82.8 Å². The molecule has 17 heavy (non-hydrogen) atoms. The summed E-state index contributed by atoms with van der Waals surface area (Å²) in [5.41, 5.74) is 3.05. The Morgan fingerprint density at radius 1 is 0.941 bits per heavy atom. The normalized spacial score (nSPS) is 11.3. The molecule has 0 radical (unpaired) electrons. The maximum absolute atomic E-state index is 3.25. The van der Waals surface area contributed by atoms with Crippen molar-refractivity contribution in [1.29, 1.82) is 0 Å². The van der Waals surface area contributed by atoms with Crippen molar-refractivity contribution in [3.05, 3.63) is 23.5 Å². The van der Waals surface area contributed by atoms with Gasteiger partial charge in [0, 0.05) is 12.4 Å². The van der Waals surface area contributed by atoms with Gasteiger partial charge in [-0.1, -0.05) is 59.3 Å². The largest absolute Gasteiger partial charge is 0.367 e. The fourth-order valence-corrected chi connectivity index (χ4v) is 2.43. The van der Waals surface area contributed by atoms with Crippen molar-refractivity contribution >= 4 is 0 Å². The van der Waals surface area contributed by atoms with Gasteiger partial charge in [0.1, 0.15) is 0 Å². The Morgan fingerprint density at radius 2 is 1.59 bits per heavy atom. The zero-order valence-corrected chi connectivity index (χ0v) is 11.9. The molecular formula is C16H29N. The first kappa shape index (κ1) is 14.3. The quantitative estimate of drug-likeness (QED) is 0.549. The van der Waals surface area contributed by atoms with E-state index in [2.05, 4.69) is 38.1 Å². The smallest absolute Gasteiger partial charge is 0.00428 e. The monoisotopic (exact) mass is 235 g/mol. The third-order valence-corrected chi connectivity index (χ3v) is 3.54. The van der Waals surface area contributed by atoms with Gasteiger partial charge in [0.2, 0.25) is 0 Å². The summed E-state index contributed by atoms with van der Waals surface area (Å²) in [6, 6.07) is 0. The topological polar surface area (TPSA) is 15.8 Å². The van der Waals surface area contributed by atoms with Crippen LogP contribution < -0.4 is 0 Å². The number of hydrogen-bond acceptors (Lipinski definition) is 0. The Bertz CT molecular complexity index is 285. The van der Waals surface area contributed by atoms with E-state index < -0.39 is 0 Å². The van der Waals surface area contributed by atoms with Crippen molar-refractivity contribution < 1.29 is 0 Å². The zero-order valence-electron chi connectivity index (χ0n) is 11.9. The van der Waals surface area contributed by atoms with Crippen LogP contribution in [-0.4, -0.2) is 4.98 Å². The van der Waals surface area contributed by atoms with E-state index in [0.29, 0.717) is 5.92 Å². The molecule has 0 aliphatic carbocycles. The van der Waals surface area contributed by atoms with Crippen LogP contribution in [0.4, 0.5) is 0 Å². The van der Waals surface area contributed by atoms with Crippen molar-refractivity contribution in [2.45, 2.75) is 78.1 Å². The van der Waals surface area contributed by atoms with E-state index in [1.807, 2.05) is 0 Å². The van der Waals surface area contributed by atoms with E-state index in [1.165, 1.54) is 62.5 Å². The van der Waals surface area contributed by atoms with Crippen molar-refractivity contribution in [2.24, 2.45) is 0 Å². The van der Waals surface area contributed by atoms with E-state index in [9.17, 15) is 0 Å². The molecule has 1 aromatic rings. The van der Waals surface area contributed by atoms with Gasteiger partial charge in [-0.3, -0.25) is 0 Å². The van der Waals surface area contributed by atoms with Gasteiger partial charge in [-0.25, -0.2) is 0 Å². The lowest BCUT2D eigenvalue weighted by Gasteiger charge is -2.06. The Kier molecular flexibility index (Phi) is 7.07. The molecule has 1 nitrogen and oxygen atoms in total. The molecule has 0 saturated heterocycles. The highest BCUT2D eigenvalue weighted by molar-refractivity contribution is 5.26. The van der Waals surface area contributed by atoms with Gasteiger partial charge in [-0.05, 0) is 29.9 Å². The molecule has 0 atom stereocenters. The summed E-state index contributed by atoms with van der Waals surface area (Å²) in [6.45, 7) is 6.83. The van der Waals surface area contributed by atoms with Gasteiger partial charge in [-0.2, -0.15) is 0 Å². The number of unbranched alkanes of at least 4 members (excludes halogenated alkanes) is 6. The molecule has 0 fully saturated rings. The second-order valence-corrected chi connectivity index (χ2v) is 5.46. The molecule has 98 valence electrons. The second kappa shape index (κ2) is 8.38. The maximum Gasteiger partial charge on any atom is 0.00428 e. The van der Waals surface area contributed by atoms with Crippen LogP contribution in [0.5, 0.6) is 0 Å². The van der Waals surface area contributed by atoms with Crippen LogP contribution in [0.25, 0.3) is 0 Å². The van der Waals surface area contributed by atoms with Crippen molar-refractivity contribution in [3.8, 4) is 0 Å². The Balaban J connectivity index is 2.11. The molecule has 1 N–H and O–H groups in total. The van der Waals surface area contributed by atoms with Gasteiger partial charge < -0.3 is 4.98 Å². The molecule has 0 amide bonds. The van der Waals surface area contributed by atoms with E-state index >= 15 is 0 Å². The second-order valence-electron chi connectivity index (χ2n) is 5.46. The van der Waals surface area contributed by atoms with Crippen LogP contribution in [0.2, 0.25) is 0 Å². The minimum Gasteiger partial charge on any atom is -0.367 e. The minimum atomic E-state index is 0.654. The first-order chi connectivity index (χ1) is 8.25. The van der Waals surface area contributed by atoms with Crippen LogP contribution >= 0.6 is 0 Å². The highest BCUT2D eigenvalue weighted by Gasteiger charge is 2.06. The van der Waals surface area contributed by atoms with Gasteiger partial charge >= 0.3 is 0 Å². The molecule has 0 spiro atoms. The molecule has 0 aliphatic heterocycles. The van der Waals surface area contributed by atoms with E-state index in [4.69, 9.17) is 0 Å². The number of aromatic amines is 1. The minimum absolute atomic E-state index is 0.654. The van der Waals surface area contributed by atoms with Crippen molar-refractivity contribution in [3.63, 3.8) is 0 Å². The number of aryl methyl sites for hydroxylation is 1. The zero-order chi connectivity index (χ0) is 12.5. The van der Waals surface area contributed by atoms with Gasteiger partial charge in [-0.15, -0.1) is 0 Å². The maximum atomic E-state index is 3.25. The van der Waals surface area contributed by atoms with Crippen LogP contribution in [0.15, 0.2) is 12.4 Å². The lowest BCUT2D eigenvalue weighted by atomic mass is 9.98. The molecule has 0 aliphatic rings. The third-order valence-electron chi connectivity index (χ3n) is 3.54. The average molecular weight is 235 g/mol. The molecule has 0 bridgehead atoms. The van der Waals surface area contributed by atoms with E-state index in [1.54, 1.807) is 0 Å². The number of nitrogens with one attached hydrogen (secondary N) is 1. The van der Waals surface area contributed by atoms with Crippen LogP contribution in [-0.2, 0) is 6.42 Å². The summed E-state index contributed by atoms with van der Waals surface area (Å²) in [7, 11) is 0. The molecular weight excluding hydrogens is 206 g/mol. The standard InChI is InChI=1S/C16H29N/c1-4-5-6-7-8-9-10-11-15-12-17-13-16(15)14(2)3/h12-14,17H,4-11H2,1-3H3. The SMILES string of the molecule is CCCCCCCCCc1c[nH]cc1C(C)C. The van der Waals surface area contributed by atoms with Crippen molar-refractivity contribution in [2.75, 3.05) is 0 Å². The number of aromatic nitrogens is 1. The average Bonchev–Trinajstić information content (AvgIpc) is 2.76. The lowest BCUT2D eigenvalue weighted by molar-refractivity contribution is 0.588. The Morgan fingerprint density at radius 3 is 2.24 bits per heavy atom. The van der Waals surface area contributed by atoms with E-state index in [0.717, 1.165) is 0 Å². The van der Waals surface area contributed by atoms with Gasteiger partial charge in [0.25, 0.3) is 0 Å². The predicted molar refractivity (Wildman–Crippen MR) is 76.6 cm³/mol. The van der Waals surface area contributed by atoms with Crippen molar-refractivity contribution in [1.82, 2.24) is 4.98 Å². The fourth-order valence-electron chi connectivity index (χ4n) is 2.43. The Hall–Kier alpha value is -0.720. The first-order valence-corrected chi connectivity index (χ1v) is 7.41. The predicted octanol–water partition coefficient (Wildman–Crippen LogP) is 5.43. The fraction of sp³-hybridized carbons (Fsp3) is 0.750. The van der Waals surface area contributed by atoms with E-state index in [-0.39, 0.29) is 0 Å². The third kappa shape index (κ3) is 5.43. The van der Waals surface area contributed by atoms with Gasteiger partial charge in [0.05, 0.1) is 0 Å². The highest BCUT2D eigenvalue weighted by Crippen LogP contribution is 2.21. The molecule has 1 heterocycles. The highest BCUT2D eigenvalue weighted by atomic mass is 14.6. The first-order valence-electron chi connectivity index (χ1n) is 7.41. The molecule has 1 heteroatoms. The molecule has 0 unspecified atom stereocenters. The summed E-state index contributed by atoms with van der Waals surface area (Å²) in [4.78, 5) is 3.25. The summed E-state index contributed by atoms with van der Waals surface area (Å²) >= 11 is 0. The molecule has 0 saturated carbocycles. The summed E-state index contributed by atoms with van der Waals surface area (Å²) in [6.07, 6.45) is 15.4. The summed E-state index contributed by atoms with van der Waals surface area (Å²) in [5.74, 6) is 0.654. The number of hydrogen-bond donors (Lipinski definition) is 1. The number of rotatable bonds is 9. The number of H-pyrrole nitrogens is 1. The van der Waals surface area contributed by atoms with Crippen LogP contribution in [0.3, 0.4) is 0 Å². The molecule has 0 aromatic carbocycles. The lowest BCUT2D eigenvalue weighted by Crippen LogP contribution is -1.92. The summed E-state index contributed by atoms with van der Waals surface area (Å²) < 4.78 is 0. The van der Waals surface area contributed by atoms with Gasteiger partial charge in [0.15, 0.2) is 0 Å². The van der Waals surface area contributed by atoms with Crippen LogP contribution in [0, 0.1) is 0 Å². The molecule has 1 rings (SSSR count).